The Bertz CT molecular complexity index is 656. The van der Waals surface area contributed by atoms with Crippen LogP contribution in [-0.2, 0) is 11.3 Å². The number of ether oxygens (including phenoxy) is 2. The molecule has 0 saturated carbocycles. The number of amides is 1. The van der Waals surface area contributed by atoms with Crippen molar-refractivity contribution in [2.24, 2.45) is 0 Å². The van der Waals surface area contributed by atoms with Gasteiger partial charge in [-0.25, -0.2) is 0 Å². The van der Waals surface area contributed by atoms with Gasteiger partial charge in [0.25, 0.3) is 5.91 Å². The molecule has 0 radical (unpaired) electrons. The van der Waals surface area contributed by atoms with E-state index in [1.165, 1.54) is 0 Å². The zero-order chi connectivity index (χ0) is 17.9. The first-order valence-corrected chi connectivity index (χ1v) is 8.47. The van der Waals surface area contributed by atoms with E-state index in [-0.39, 0.29) is 5.91 Å². The first-order chi connectivity index (χ1) is 12.2. The molecule has 5 heteroatoms. The van der Waals surface area contributed by atoms with Crippen molar-refractivity contribution in [2.45, 2.75) is 19.4 Å². The molecule has 0 saturated heterocycles. The number of methoxy groups -OCH3 is 2. The molecule has 1 amide bonds. The van der Waals surface area contributed by atoms with Crippen LogP contribution in [0.15, 0.2) is 48.5 Å². The third kappa shape index (κ3) is 6.57. The standard InChI is InChI=1S/C20H26N2O3/c1-24-13-4-3-12-21-15-16-6-5-7-18(14-16)22-20(23)17-8-10-19(25-2)11-9-17/h5-11,14,21H,3-4,12-13,15H2,1-2H3,(H,22,23). The van der Waals surface area contributed by atoms with Gasteiger partial charge < -0.3 is 20.1 Å². The van der Waals surface area contributed by atoms with E-state index in [1.807, 2.05) is 24.3 Å². The summed E-state index contributed by atoms with van der Waals surface area (Å²) >= 11 is 0. The monoisotopic (exact) mass is 342 g/mol. The number of carbonyl (C=O) groups excluding carboxylic acids is 1. The third-order valence-corrected chi connectivity index (χ3v) is 3.82. The van der Waals surface area contributed by atoms with E-state index in [1.54, 1.807) is 38.5 Å². The maximum Gasteiger partial charge on any atom is 0.255 e. The van der Waals surface area contributed by atoms with E-state index >= 15 is 0 Å². The predicted molar refractivity (Wildman–Crippen MR) is 100 cm³/mol. The minimum Gasteiger partial charge on any atom is -0.497 e. The fraction of sp³-hybridized carbons (Fsp3) is 0.350. The van der Waals surface area contributed by atoms with Crippen LogP contribution in [0.2, 0.25) is 0 Å². The summed E-state index contributed by atoms with van der Waals surface area (Å²) in [7, 11) is 3.32. The van der Waals surface area contributed by atoms with Gasteiger partial charge in [0.15, 0.2) is 0 Å². The molecule has 0 unspecified atom stereocenters. The number of hydrogen-bond acceptors (Lipinski definition) is 4. The highest BCUT2D eigenvalue weighted by atomic mass is 16.5. The molecule has 0 atom stereocenters. The minimum atomic E-state index is -0.132. The quantitative estimate of drug-likeness (QED) is 0.649. The molecular weight excluding hydrogens is 316 g/mol. The molecule has 25 heavy (non-hydrogen) atoms. The summed E-state index contributed by atoms with van der Waals surface area (Å²) in [6, 6.07) is 14.9. The lowest BCUT2D eigenvalue weighted by molar-refractivity contribution is 0.102. The lowest BCUT2D eigenvalue weighted by Crippen LogP contribution is -2.16. The molecule has 0 spiro atoms. The third-order valence-electron chi connectivity index (χ3n) is 3.82. The Balaban J connectivity index is 1.84. The summed E-state index contributed by atoms with van der Waals surface area (Å²) in [5.41, 5.74) is 2.53. The lowest BCUT2D eigenvalue weighted by Gasteiger charge is -2.09. The average molecular weight is 342 g/mol. The first kappa shape index (κ1) is 19.0. The van der Waals surface area contributed by atoms with Crippen molar-refractivity contribution >= 4 is 11.6 Å². The second-order valence-corrected chi connectivity index (χ2v) is 5.76. The maximum absolute atomic E-state index is 12.3. The summed E-state index contributed by atoms with van der Waals surface area (Å²) in [6.45, 7) is 2.53. The van der Waals surface area contributed by atoms with Gasteiger partial charge in [-0.15, -0.1) is 0 Å². The fourth-order valence-corrected chi connectivity index (χ4v) is 2.43. The minimum absolute atomic E-state index is 0.132. The number of carbonyl (C=O) groups is 1. The SMILES string of the molecule is COCCCCNCc1cccc(NC(=O)c2ccc(OC)cc2)c1. The van der Waals surface area contributed by atoms with Crippen LogP contribution >= 0.6 is 0 Å². The van der Waals surface area contributed by atoms with Crippen molar-refractivity contribution in [1.29, 1.82) is 0 Å². The van der Waals surface area contributed by atoms with E-state index in [2.05, 4.69) is 10.6 Å². The van der Waals surface area contributed by atoms with Crippen molar-refractivity contribution in [1.82, 2.24) is 5.32 Å². The highest BCUT2D eigenvalue weighted by Crippen LogP contribution is 2.15. The summed E-state index contributed by atoms with van der Waals surface area (Å²) < 4.78 is 10.1. The molecule has 5 nitrogen and oxygen atoms in total. The molecule has 0 bridgehead atoms. The number of benzene rings is 2. The van der Waals surface area contributed by atoms with Crippen molar-refractivity contribution in [3.8, 4) is 5.75 Å². The van der Waals surface area contributed by atoms with Crippen LogP contribution in [0.25, 0.3) is 0 Å². The molecule has 0 aliphatic rings. The molecule has 0 fully saturated rings. The van der Waals surface area contributed by atoms with Crippen molar-refractivity contribution < 1.29 is 14.3 Å². The zero-order valence-electron chi connectivity index (χ0n) is 14.9. The summed E-state index contributed by atoms with van der Waals surface area (Å²) in [6.07, 6.45) is 2.14. The van der Waals surface area contributed by atoms with Gasteiger partial charge >= 0.3 is 0 Å². The molecule has 2 rings (SSSR count). The highest BCUT2D eigenvalue weighted by Gasteiger charge is 2.06. The van der Waals surface area contributed by atoms with E-state index in [9.17, 15) is 4.79 Å². The topological polar surface area (TPSA) is 59.6 Å². The Morgan fingerprint density at radius 2 is 1.84 bits per heavy atom. The maximum atomic E-state index is 12.3. The number of rotatable bonds is 10. The van der Waals surface area contributed by atoms with Crippen LogP contribution in [0.3, 0.4) is 0 Å². The van der Waals surface area contributed by atoms with Crippen LogP contribution in [0.5, 0.6) is 5.75 Å². The van der Waals surface area contributed by atoms with Gasteiger partial charge in [-0.1, -0.05) is 12.1 Å². The Labute approximate surface area is 149 Å². The fourth-order valence-electron chi connectivity index (χ4n) is 2.43. The van der Waals surface area contributed by atoms with Gasteiger partial charge in [0, 0.05) is 31.5 Å². The Kier molecular flexibility index (Phi) is 7.95. The van der Waals surface area contributed by atoms with Gasteiger partial charge in [0.05, 0.1) is 7.11 Å². The largest absolute Gasteiger partial charge is 0.497 e. The number of hydrogen-bond donors (Lipinski definition) is 2. The van der Waals surface area contributed by atoms with E-state index in [0.29, 0.717) is 5.56 Å². The molecule has 2 aromatic carbocycles. The Morgan fingerprint density at radius 3 is 2.56 bits per heavy atom. The smallest absolute Gasteiger partial charge is 0.255 e. The van der Waals surface area contributed by atoms with Crippen LogP contribution in [-0.4, -0.2) is 33.3 Å². The lowest BCUT2D eigenvalue weighted by atomic mass is 10.1. The molecule has 0 heterocycles. The van der Waals surface area contributed by atoms with Crippen molar-refractivity contribution in [3.05, 3.63) is 59.7 Å². The van der Waals surface area contributed by atoms with Gasteiger partial charge in [0.2, 0.25) is 0 Å². The van der Waals surface area contributed by atoms with E-state index < -0.39 is 0 Å². The van der Waals surface area contributed by atoms with Crippen molar-refractivity contribution in [3.63, 3.8) is 0 Å². The van der Waals surface area contributed by atoms with Gasteiger partial charge in [-0.2, -0.15) is 0 Å². The zero-order valence-corrected chi connectivity index (χ0v) is 14.9. The van der Waals surface area contributed by atoms with Crippen LogP contribution in [0.1, 0.15) is 28.8 Å². The molecule has 0 aliphatic carbocycles. The first-order valence-electron chi connectivity index (χ1n) is 8.47. The molecule has 0 aromatic heterocycles. The van der Waals surface area contributed by atoms with Gasteiger partial charge in [-0.05, 0) is 61.3 Å². The van der Waals surface area contributed by atoms with Gasteiger partial charge in [0.1, 0.15) is 5.75 Å². The number of anilines is 1. The number of nitrogens with one attached hydrogen (secondary N) is 2. The molecule has 0 aliphatic heterocycles. The summed E-state index contributed by atoms with van der Waals surface area (Å²) in [5.74, 6) is 0.599. The normalized spacial score (nSPS) is 10.5. The Hall–Kier alpha value is -2.37. The van der Waals surface area contributed by atoms with Crippen molar-refractivity contribution in [2.75, 3.05) is 32.7 Å². The van der Waals surface area contributed by atoms with Gasteiger partial charge in [-0.3, -0.25) is 4.79 Å². The summed E-state index contributed by atoms with van der Waals surface area (Å²) in [4.78, 5) is 12.3. The molecule has 134 valence electrons. The van der Waals surface area contributed by atoms with Crippen LogP contribution in [0.4, 0.5) is 5.69 Å². The number of unbranched alkanes of at least 4 members (excludes halogenated alkanes) is 1. The predicted octanol–water partition coefficient (Wildman–Crippen LogP) is 3.46. The second-order valence-electron chi connectivity index (χ2n) is 5.76. The highest BCUT2D eigenvalue weighted by molar-refractivity contribution is 6.04. The summed E-state index contributed by atoms with van der Waals surface area (Å²) in [5, 5.41) is 6.33. The molecule has 2 N–H and O–H groups in total. The Morgan fingerprint density at radius 1 is 1.04 bits per heavy atom. The van der Waals surface area contributed by atoms with E-state index in [4.69, 9.17) is 9.47 Å². The molecular formula is C20H26N2O3. The second kappa shape index (κ2) is 10.5. The van der Waals surface area contributed by atoms with Crippen LogP contribution < -0.4 is 15.4 Å². The molecule has 2 aromatic rings. The average Bonchev–Trinajstić information content (AvgIpc) is 2.65. The van der Waals surface area contributed by atoms with Crippen LogP contribution in [0, 0.1) is 0 Å². The van der Waals surface area contributed by atoms with E-state index in [0.717, 1.165) is 49.5 Å².